The predicted molar refractivity (Wildman–Crippen MR) is 78.5 cm³/mol. The van der Waals surface area contributed by atoms with Crippen molar-refractivity contribution in [2.45, 2.75) is 57.0 Å². The summed E-state index contributed by atoms with van der Waals surface area (Å²) in [6, 6.07) is 0.452. The maximum absolute atomic E-state index is 11.9. The van der Waals surface area contributed by atoms with E-state index >= 15 is 0 Å². The fraction of sp³-hybridized carbons (Fsp3) is 0.938. The molecular weight excluding hydrogens is 252 g/mol. The lowest BCUT2D eigenvalue weighted by molar-refractivity contribution is -0.143. The van der Waals surface area contributed by atoms with Gasteiger partial charge in [0.2, 0.25) is 0 Å². The quantitative estimate of drug-likeness (QED) is 0.620. The van der Waals surface area contributed by atoms with Gasteiger partial charge < -0.3 is 15.0 Å². The highest BCUT2D eigenvalue weighted by molar-refractivity contribution is 5.75. The molecule has 1 unspecified atom stereocenters. The molecular formula is C16H28N2O2. The first-order chi connectivity index (χ1) is 9.74. The van der Waals surface area contributed by atoms with Gasteiger partial charge in [0.15, 0.2) is 0 Å². The van der Waals surface area contributed by atoms with E-state index in [2.05, 4.69) is 10.2 Å². The molecule has 1 N–H and O–H groups in total. The monoisotopic (exact) mass is 280 g/mol. The number of rotatable bonds is 10. The van der Waals surface area contributed by atoms with E-state index in [1.807, 2.05) is 0 Å². The molecule has 0 heterocycles. The Hall–Kier alpha value is -0.610. The molecule has 0 bridgehead atoms. The van der Waals surface area contributed by atoms with E-state index < -0.39 is 0 Å². The Morgan fingerprint density at radius 1 is 1.15 bits per heavy atom. The third kappa shape index (κ3) is 4.74. The zero-order chi connectivity index (χ0) is 13.9. The highest BCUT2D eigenvalue weighted by Crippen LogP contribution is 2.33. The van der Waals surface area contributed by atoms with E-state index in [1.165, 1.54) is 58.7 Å². The van der Waals surface area contributed by atoms with E-state index in [0.29, 0.717) is 6.04 Å². The van der Waals surface area contributed by atoms with Gasteiger partial charge in [-0.05, 0) is 56.8 Å². The van der Waals surface area contributed by atoms with Crippen LogP contribution in [0.2, 0.25) is 0 Å². The van der Waals surface area contributed by atoms with Crippen molar-refractivity contribution in [3.63, 3.8) is 0 Å². The molecule has 0 saturated heterocycles. The fourth-order valence-corrected chi connectivity index (χ4v) is 2.85. The van der Waals surface area contributed by atoms with Gasteiger partial charge in [0.1, 0.15) is 6.04 Å². The minimum atomic E-state index is -0.103. The molecule has 3 rings (SSSR count). The van der Waals surface area contributed by atoms with E-state index in [4.69, 9.17) is 4.74 Å². The molecule has 20 heavy (non-hydrogen) atoms. The summed E-state index contributed by atoms with van der Waals surface area (Å²) in [7, 11) is 1.50. The molecule has 3 aliphatic carbocycles. The van der Waals surface area contributed by atoms with Gasteiger partial charge in [-0.15, -0.1) is 0 Å². The van der Waals surface area contributed by atoms with Crippen molar-refractivity contribution in [1.82, 2.24) is 10.2 Å². The fourth-order valence-electron chi connectivity index (χ4n) is 2.85. The van der Waals surface area contributed by atoms with Crippen molar-refractivity contribution < 1.29 is 9.53 Å². The number of esters is 1. The molecule has 0 radical (unpaired) electrons. The van der Waals surface area contributed by atoms with Gasteiger partial charge in [-0.2, -0.15) is 0 Å². The molecule has 0 amide bonds. The minimum absolute atomic E-state index is 0.0882. The normalized spacial score (nSPS) is 23.9. The lowest BCUT2D eigenvalue weighted by atomic mass is 10.1. The van der Waals surface area contributed by atoms with Crippen LogP contribution >= 0.6 is 0 Å². The van der Waals surface area contributed by atoms with Crippen LogP contribution in [-0.4, -0.2) is 49.7 Å². The molecule has 4 heteroatoms. The van der Waals surface area contributed by atoms with Crippen LogP contribution in [0.5, 0.6) is 0 Å². The Bertz CT molecular complexity index is 321. The molecule has 3 saturated carbocycles. The average Bonchev–Trinajstić information content (AvgIpc) is 3.22. The number of carbonyl (C=O) groups excluding carboxylic acids is 1. The lowest BCUT2D eigenvalue weighted by Crippen LogP contribution is -2.42. The number of ether oxygens (including phenoxy) is 1. The summed E-state index contributed by atoms with van der Waals surface area (Å²) in [5.41, 5.74) is 0. The highest BCUT2D eigenvalue weighted by atomic mass is 16.5. The number of carbonyl (C=O) groups is 1. The standard InChI is InChI=1S/C16H28N2O2/c1-20-16(19)15(17-14-6-7-14)8-9-18(10-12-2-3-12)11-13-4-5-13/h12-15,17H,2-11H2,1H3. The zero-order valence-electron chi connectivity index (χ0n) is 12.6. The number of hydrogen-bond donors (Lipinski definition) is 1. The smallest absolute Gasteiger partial charge is 0.322 e. The summed E-state index contributed by atoms with van der Waals surface area (Å²) in [6.07, 6.45) is 8.93. The van der Waals surface area contributed by atoms with Crippen molar-refractivity contribution in [3.8, 4) is 0 Å². The van der Waals surface area contributed by atoms with Crippen molar-refractivity contribution >= 4 is 5.97 Å². The Kier molecular flexibility index (Phi) is 4.61. The van der Waals surface area contributed by atoms with Crippen LogP contribution in [0.4, 0.5) is 0 Å². The molecule has 1 atom stereocenters. The number of nitrogens with zero attached hydrogens (tertiary/aromatic N) is 1. The van der Waals surface area contributed by atoms with Gasteiger partial charge in [0.05, 0.1) is 7.11 Å². The van der Waals surface area contributed by atoms with Gasteiger partial charge in [0.25, 0.3) is 0 Å². The average molecular weight is 280 g/mol. The Balaban J connectivity index is 1.45. The molecule has 3 aliphatic rings. The summed E-state index contributed by atoms with van der Waals surface area (Å²) in [4.78, 5) is 14.5. The first-order valence-corrected chi connectivity index (χ1v) is 8.31. The summed E-state index contributed by atoms with van der Waals surface area (Å²) >= 11 is 0. The Morgan fingerprint density at radius 3 is 2.20 bits per heavy atom. The van der Waals surface area contributed by atoms with E-state index in [0.717, 1.165) is 24.8 Å². The van der Waals surface area contributed by atoms with Crippen molar-refractivity contribution in [1.29, 1.82) is 0 Å². The van der Waals surface area contributed by atoms with Crippen LogP contribution in [0, 0.1) is 11.8 Å². The number of hydrogen-bond acceptors (Lipinski definition) is 4. The summed E-state index contributed by atoms with van der Waals surface area (Å²) < 4.78 is 4.94. The maximum Gasteiger partial charge on any atom is 0.322 e. The van der Waals surface area contributed by atoms with Crippen molar-refractivity contribution in [2.75, 3.05) is 26.7 Å². The Morgan fingerprint density at radius 2 is 1.75 bits per heavy atom. The predicted octanol–water partition coefficient (Wildman–Crippen LogP) is 1.79. The van der Waals surface area contributed by atoms with Gasteiger partial charge >= 0.3 is 5.97 Å². The SMILES string of the molecule is COC(=O)C(CCN(CC1CC1)CC1CC1)NC1CC1. The van der Waals surface area contributed by atoms with Crippen LogP contribution in [0.3, 0.4) is 0 Å². The molecule has 0 aromatic carbocycles. The van der Waals surface area contributed by atoms with E-state index in [-0.39, 0.29) is 12.0 Å². The molecule has 3 fully saturated rings. The Labute approximate surface area is 122 Å². The molecule has 0 aromatic heterocycles. The van der Waals surface area contributed by atoms with Crippen LogP contribution < -0.4 is 5.32 Å². The minimum Gasteiger partial charge on any atom is -0.468 e. The summed E-state index contributed by atoms with van der Waals surface area (Å²) in [6.45, 7) is 3.52. The van der Waals surface area contributed by atoms with Gasteiger partial charge in [-0.3, -0.25) is 4.79 Å². The summed E-state index contributed by atoms with van der Waals surface area (Å²) in [5, 5.41) is 3.43. The lowest BCUT2D eigenvalue weighted by Gasteiger charge is -2.24. The molecule has 4 nitrogen and oxygen atoms in total. The van der Waals surface area contributed by atoms with Gasteiger partial charge in [-0.1, -0.05) is 0 Å². The first-order valence-electron chi connectivity index (χ1n) is 8.31. The van der Waals surface area contributed by atoms with Gasteiger partial charge in [-0.25, -0.2) is 0 Å². The highest BCUT2D eigenvalue weighted by Gasteiger charge is 2.32. The largest absolute Gasteiger partial charge is 0.468 e. The second kappa shape index (κ2) is 6.44. The third-order valence-electron chi connectivity index (χ3n) is 4.66. The molecule has 114 valence electrons. The molecule has 0 aromatic rings. The number of nitrogens with one attached hydrogen (secondary N) is 1. The van der Waals surface area contributed by atoms with Crippen LogP contribution in [0.1, 0.15) is 44.9 Å². The van der Waals surface area contributed by atoms with Gasteiger partial charge in [0, 0.05) is 25.7 Å². The zero-order valence-corrected chi connectivity index (χ0v) is 12.6. The second-order valence-corrected chi connectivity index (χ2v) is 6.95. The van der Waals surface area contributed by atoms with Crippen LogP contribution in [0.15, 0.2) is 0 Å². The third-order valence-corrected chi connectivity index (χ3v) is 4.66. The topological polar surface area (TPSA) is 41.6 Å². The summed E-state index contributed by atoms with van der Waals surface area (Å²) in [5.74, 6) is 1.78. The van der Waals surface area contributed by atoms with Crippen molar-refractivity contribution in [3.05, 3.63) is 0 Å². The van der Waals surface area contributed by atoms with Crippen LogP contribution in [0.25, 0.3) is 0 Å². The maximum atomic E-state index is 11.9. The first kappa shape index (κ1) is 14.3. The molecule has 0 spiro atoms. The van der Waals surface area contributed by atoms with Crippen molar-refractivity contribution in [2.24, 2.45) is 11.8 Å². The van der Waals surface area contributed by atoms with Crippen LogP contribution in [-0.2, 0) is 9.53 Å². The molecule has 0 aliphatic heterocycles. The van der Waals surface area contributed by atoms with E-state index in [1.54, 1.807) is 0 Å². The van der Waals surface area contributed by atoms with E-state index in [9.17, 15) is 4.79 Å². The second-order valence-electron chi connectivity index (χ2n) is 6.95. The number of methoxy groups -OCH3 is 1.